The van der Waals surface area contributed by atoms with Crippen molar-refractivity contribution in [3.05, 3.63) is 0 Å². The Hall–Kier alpha value is 0.679. The molecule has 0 aromatic heterocycles. The number of rotatable bonds is 0. The van der Waals surface area contributed by atoms with E-state index in [1.54, 1.807) is 0 Å². The fourth-order valence-electron chi connectivity index (χ4n) is 1.12. The molecule has 0 amide bonds. The van der Waals surface area contributed by atoms with Crippen LogP contribution in [0.2, 0.25) is 0 Å². The Kier molecular flexibility index (Phi) is 1.45. The molecule has 2 rings (SSSR count). The van der Waals surface area contributed by atoms with Gasteiger partial charge in [-0.25, -0.2) is 0 Å². The van der Waals surface area contributed by atoms with Gasteiger partial charge in [-0.2, -0.15) is 0 Å². The van der Waals surface area contributed by atoms with E-state index >= 15 is 0 Å². The maximum absolute atomic E-state index is 5.39. The van der Waals surface area contributed by atoms with Crippen molar-refractivity contribution >= 4 is 20.9 Å². The standard InChI is InChI=1S/C4H8NO2.Sn.H/c6-3-1-5-2-4-7;;/h1-4H2;;/q-3;+3;. The van der Waals surface area contributed by atoms with Crippen LogP contribution in [0.15, 0.2) is 0 Å². The second-order valence-electron chi connectivity index (χ2n) is 2.08. The molecule has 2 aliphatic rings. The van der Waals surface area contributed by atoms with E-state index in [-0.39, 0.29) is 0 Å². The van der Waals surface area contributed by atoms with Gasteiger partial charge in [0.1, 0.15) is 0 Å². The van der Waals surface area contributed by atoms with Crippen molar-refractivity contribution in [3.63, 3.8) is 0 Å². The van der Waals surface area contributed by atoms with Crippen LogP contribution >= 0.6 is 0 Å². The van der Waals surface area contributed by atoms with Crippen LogP contribution in [0, 0.1) is 0 Å². The van der Waals surface area contributed by atoms with Gasteiger partial charge < -0.3 is 0 Å². The predicted octanol–water partition coefficient (Wildman–Crippen LogP) is -0.934. The van der Waals surface area contributed by atoms with Crippen LogP contribution in [0.3, 0.4) is 0 Å². The number of fused-ring (bicyclic) bond motifs is 1. The quantitative estimate of drug-likeness (QED) is 0.494. The van der Waals surface area contributed by atoms with Gasteiger partial charge in [-0.1, -0.05) is 0 Å². The molecule has 0 aromatic carbocycles. The third-order valence-corrected chi connectivity index (χ3v) is 7.72. The Balaban J connectivity index is 2.04. The average Bonchev–Trinajstić information content (AvgIpc) is 2.15. The van der Waals surface area contributed by atoms with Gasteiger partial charge in [-0.05, 0) is 0 Å². The van der Waals surface area contributed by atoms with Crippen LogP contribution in [-0.2, 0) is 6.15 Å². The normalized spacial score (nSPS) is 31.5. The molecule has 0 unspecified atom stereocenters. The first-order valence-corrected chi connectivity index (χ1v) is 7.10. The van der Waals surface area contributed by atoms with E-state index in [0.717, 1.165) is 26.3 Å². The van der Waals surface area contributed by atoms with E-state index in [0.29, 0.717) is 0 Å². The molecule has 0 aromatic rings. The third kappa shape index (κ3) is 0.774. The molecule has 0 bridgehead atoms. The van der Waals surface area contributed by atoms with E-state index in [2.05, 4.69) is 3.12 Å². The topological polar surface area (TPSA) is 21.7 Å². The number of hydrogen-bond donors (Lipinski definition) is 0. The van der Waals surface area contributed by atoms with Gasteiger partial charge >= 0.3 is 56.4 Å². The van der Waals surface area contributed by atoms with Crippen LogP contribution in [0.4, 0.5) is 0 Å². The van der Waals surface area contributed by atoms with Gasteiger partial charge in [-0.15, -0.1) is 0 Å². The van der Waals surface area contributed by atoms with Crippen LogP contribution < -0.4 is 0 Å². The summed E-state index contributed by atoms with van der Waals surface area (Å²) in [4.78, 5) is 0. The van der Waals surface area contributed by atoms with Crippen molar-refractivity contribution in [2.24, 2.45) is 0 Å². The molecule has 0 spiro atoms. The Morgan fingerprint density at radius 1 is 1.12 bits per heavy atom. The zero-order valence-electron chi connectivity index (χ0n) is 4.67. The summed E-state index contributed by atoms with van der Waals surface area (Å²) >= 11 is -1.83. The van der Waals surface area contributed by atoms with Crippen molar-refractivity contribution in [3.8, 4) is 0 Å². The molecule has 0 N–H and O–H groups in total. The van der Waals surface area contributed by atoms with Crippen molar-refractivity contribution in [1.29, 1.82) is 0 Å². The van der Waals surface area contributed by atoms with Crippen LogP contribution in [0.25, 0.3) is 0 Å². The van der Waals surface area contributed by atoms with Gasteiger partial charge in [0.2, 0.25) is 0 Å². The van der Waals surface area contributed by atoms with Crippen LogP contribution in [0.1, 0.15) is 0 Å². The monoisotopic (exact) mass is 223 g/mol. The Labute approximate surface area is 56.7 Å². The van der Waals surface area contributed by atoms with Gasteiger partial charge in [0, 0.05) is 0 Å². The Morgan fingerprint density at radius 2 is 1.75 bits per heavy atom. The molecule has 0 atom stereocenters. The molecule has 2 fully saturated rings. The van der Waals surface area contributed by atoms with Crippen molar-refractivity contribution < 1.29 is 6.15 Å². The summed E-state index contributed by atoms with van der Waals surface area (Å²) in [6.45, 7) is 4.14. The molecule has 0 radical (unpaired) electrons. The molecule has 0 saturated carbocycles. The summed E-state index contributed by atoms with van der Waals surface area (Å²) in [6.07, 6.45) is 0. The van der Waals surface area contributed by atoms with E-state index in [1.165, 1.54) is 0 Å². The summed E-state index contributed by atoms with van der Waals surface area (Å²) in [5.41, 5.74) is 0. The van der Waals surface area contributed by atoms with E-state index in [1.807, 2.05) is 0 Å². The van der Waals surface area contributed by atoms with E-state index in [9.17, 15) is 0 Å². The van der Waals surface area contributed by atoms with Gasteiger partial charge in [-0.3, -0.25) is 0 Å². The van der Waals surface area contributed by atoms with E-state index < -0.39 is 20.9 Å². The number of hydrogen-bond acceptors (Lipinski definition) is 3. The fraction of sp³-hybridized carbons (Fsp3) is 1.00. The van der Waals surface area contributed by atoms with Gasteiger partial charge in [0.05, 0.1) is 0 Å². The van der Waals surface area contributed by atoms with E-state index in [4.69, 9.17) is 6.15 Å². The molecular weight excluding hydrogens is 213 g/mol. The predicted molar refractivity (Wildman–Crippen MR) is 30.6 cm³/mol. The average molecular weight is 222 g/mol. The summed E-state index contributed by atoms with van der Waals surface area (Å²) in [6, 6.07) is 0. The minimum atomic E-state index is -1.83. The Morgan fingerprint density at radius 3 is 2.25 bits per heavy atom. The molecular formula is C4H9NO2Sn. The van der Waals surface area contributed by atoms with Gasteiger partial charge in [0.15, 0.2) is 0 Å². The van der Waals surface area contributed by atoms with Crippen molar-refractivity contribution in [2.75, 3.05) is 26.3 Å². The first-order chi connectivity index (χ1) is 3.97. The molecule has 8 heavy (non-hydrogen) atoms. The second-order valence-corrected chi connectivity index (χ2v) is 7.82. The minimum absolute atomic E-state index is 0.931. The fourth-order valence-corrected chi connectivity index (χ4v) is 6.16. The summed E-state index contributed by atoms with van der Waals surface area (Å²) < 4.78 is 13.2. The first-order valence-electron chi connectivity index (χ1n) is 2.94. The molecule has 3 nitrogen and oxygen atoms in total. The molecule has 4 heteroatoms. The van der Waals surface area contributed by atoms with Crippen molar-refractivity contribution in [2.45, 2.75) is 0 Å². The third-order valence-electron chi connectivity index (χ3n) is 1.58. The Bertz CT molecular complexity index is 80.0. The van der Waals surface area contributed by atoms with Gasteiger partial charge in [0.25, 0.3) is 0 Å². The van der Waals surface area contributed by atoms with Crippen LogP contribution in [0.5, 0.6) is 0 Å². The first kappa shape index (κ1) is 5.46. The summed E-state index contributed by atoms with van der Waals surface area (Å²) in [5.74, 6) is 0. The number of nitrogens with zero attached hydrogens (tertiary/aromatic N) is 1. The van der Waals surface area contributed by atoms with Crippen LogP contribution in [-0.4, -0.2) is 50.3 Å². The molecule has 46 valence electrons. The zero-order valence-corrected chi connectivity index (χ0v) is 7.97. The summed E-state index contributed by atoms with van der Waals surface area (Å²) in [7, 11) is 0. The SMILES string of the molecule is C1C[N]2CC[O][SnH]2[O]1. The molecule has 2 aliphatic heterocycles. The zero-order chi connectivity index (χ0) is 5.40. The molecule has 0 aliphatic carbocycles. The maximum atomic E-state index is 5.39. The second kappa shape index (κ2) is 2.13. The van der Waals surface area contributed by atoms with Crippen molar-refractivity contribution in [1.82, 2.24) is 3.12 Å². The molecule has 2 saturated heterocycles. The summed E-state index contributed by atoms with van der Waals surface area (Å²) in [5, 5.41) is 0. The molecule has 2 heterocycles.